The summed E-state index contributed by atoms with van der Waals surface area (Å²) in [7, 11) is 1.56. The van der Waals surface area contributed by atoms with Crippen LogP contribution in [0.2, 0.25) is 10.0 Å². The van der Waals surface area contributed by atoms with Crippen LogP contribution in [0.25, 0.3) is 0 Å². The molecule has 0 bridgehead atoms. The molecule has 8 heteroatoms. The van der Waals surface area contributed by atoms with Crippen molar-refractivity contribution < 1.29 is 19.0 Å². The van der Waals surface area contributed by atoms with Gasteiger partial charge in [-0.05, 0) is 60.7 Å². The Bertz CT molecular complexity index is 1160. The van der Waals surface area contributed by atoms with Gasteiger partial charge in [0, 0.05) is 26.7 Å². The average molecular weight is 469 g/mol. The summed E-state index contributed by atoms with van der Waals surface area (Å²) in [5.74, 6) is -0.0416. The summed E-state index contributed by atoms with van der Waals surface area (Å²) in [6.07, 6.45) is 1.80. The first kappa shape index (κ1) is 21.9. The highest BCUT2D eigenvalue weighted by atomic mass is 35.5. The number of ether oxygens (including phenoxy) is 1. The standard InChI is InChI=1S/C24H19Cl2N3O3/c1-32-20-12-6-17(7-13-20)23(30)27-21-22(16-4-10-19(26)11-5-16)29(28-24(21)31)14-15-2-8-18(25)9-3-15/h2-14,21-22H,1H3,(H-,27,28,30,31)/p+1/b29-14-/t21-,22+/m0/s1. The Balaban J connectivity index is 1.67. The van der Waals surface area contributed by atoms with Crippen LogP contribution < -0.4 is 15.5 Å². The third-order valence-electron chi connectivity index (χ3n) is 5.15. The van der Waals surface area contributed by atoms with Crippen LogP contribution in [0, 0.1) is 0 Å². The number of hydrazone groups is 1. The van der Waals surface area contributed by atoms with Gasteiger partial charge in [-0.3, -0.25) is 9.59 Å². The molecule has 6 nitrogen and oxygen atoms in total. The van der Waals surface area contributed by atoms with Gasteiger partial charge in [-0.1, -0.05) is 35.3 Å². The van der Waals surface area contributed by atoms with Crippen LogP contribution >= 0.6 is 23.2 Å². The SMILES string of the molecule is COc1ccc(C(=O)N[C@@H]2C(=O)N/[N+](=C\c3ccc(Cl)cc3)[C@@H]2c2ccc(Cl)cc2)cc1. The first-order valence-electron chi connectivity index (χ1n) is 9.84. The zero-order valence-corrected chi connectivity index (χ0v) is 18.6. The molecule has 0 saturated carbocycles. The number of halogens is 2. The van der Waals surface area contributed by atoms with Crippen molar-refractivity contribution in [1.29, 1.82) is 0 Å². The maximum absolute atomic E-state index is 12.9. The lowest BCUT2D eigenvalue weighted by molar-refractivity contribution is -0.596. The fraction of sp³-hybridized carbons (Fsp3) is 0.125. The van der Waals surface area contributed by atoms with Gasteiger partial charge in [-0.25, -0.2) is 0 Å². The Morgan fingerprint density at radius 2 is 1.56 bits per heavy atom. The summed E-state index contributed by atoms with van der Waals surface area (Å²) >= 11 is 12.0. The molecule has 162 valence electrons. The van der Waals surface area contributed by atoms with E-state index in [2.05, 4.69) is 10.7 Å². The van der Waals surface area contributed by atoms with E-state index in [1.165, 1.54) is 0 Å². The quantitative estimate of drug-likeness (QED) is 0.555. The molecule has 1 aliphatic rings. The Morgan fingerprint density at radius 3 is 2.16 bits per heavy atom. The van der Waals surface area contributed by atoms with Gasteiger partial charge in [0.15, 0.2) is 6.04 Å². The molecule has 4 rings (SSSR count). The highest BCUT2D eigenvalue weighted by molar-refractivity contribution is 6.30. The van der Waals surface area contributed by atoms with Gasteiger partial charge in [-0.2, -0.15) is 0 Å². The minimum Gasteiger partial charge on any atom is -0.497 e. The van der Waals surface area contributed by atoms with E-state index in [1.807, 2.05) is 24.3 Å². The van der Waals surface area contributed by atoms with Crippen molar-refractivity contribution in [3.63, 3.8) is 0 Å². The van der Waals surface area contributed by atoms with Crippen molar-refractivity contribution in [2.75, 3.05) is 7.11 Å². The van der Waals surface area contributed by atoms with E-state index in [4.69, 9.17) is 27.9 Å². The molecule has 1 aliphatic heterocycles. The Morgan fingerprint density at radius 1 is 0.969 bits per heavy atom. The van der Waals surface area contributed by atoms with E-state index in [-0.39, 0.29) is 11.8 Å². The fourth-order valence-electron chi connectivity index (χ4n) is 3.52. The molecule has 2 amide bonds. The molecule has 0 aromatic heterocycles. The topological polar surface area (TPSA) is 70.4 Å². The molecule has 3 aromatic rings. The van der Waals surface area contributed by atoms with Gasteiger partial charge in [0.05, 0.1) is 7.11 Å². The number of carbonyl (C=O) groups excluding carboxylic acids is 2. The Labute approximate surface area is 195 Å². The monoisotopic (exact) mass is 468 g/mol. The number of nitrogens with one attached hydrogen (secondary N) is 2. The van der Waals surface area contributed by atoms with Crippen molar-refractivity contribution in [1.82, 2.24) is 10.7 Å². The number of benzene rings is 3. The first-order chi connectivity index (χ1) is 15.4. The third-order valence-corrected chi connectivity index (χ3v) is 5.65. The molecule has 1 heterocycles. The second-order valence-electron chi connectivity index (χ2n) is 7.24. The second-order valence-corrected chi connectivity index (χ2v) is 8.11. The van der Waals surface area contributed by atoms with Gasteiger partial charge in [0.25, 0.3) is 5.91 Å². The highest BCUT2D eigenvalue weighted by Crippen LogP contribution is 2.27. The number of hydrogen-bond donors (Lipinski definition) is 2. The van der Waals surface area contributed by atoms with Crippen LogP contribution in [0.15, 0.2) is 72.8 Å². The average Bonchev–Trinajstić information content (AvgIpc) is 3.10. The molecule has 1 saturated heterocycles. The van der Waals surface area contributed by atoms with Gasteiger partial charge >= 0.3 is 5.91 Å². The van der Waals surface area contributed by atoms with E-state index >= 15 is 0 Å². The van der Waals surface area contributed by atoms with Crippen LogP contribution in [0.3, 0.4) is 0 Å². The van der Waals surface area contributed by atoms with Crippen molar-refractivity contribution in [2.45, 2.75) is 12.1 Å². The van der Waals surface area contributed by atoms with Crippen molar-refractivity contribution in [3.05, 3.63) is 99.5 Å². The van der Waals surface area contributed by atoms with Crippen molar-refractivity contribution in [2.24, 2.45) is 0 Å². The summed E-state index contributed by atoms with van der Waals surface area (Å²) in [4.78, 5) is 25.8. The fourth-order valence-corrected chi connectivity index (χ4v) is 3.77. The zero-order chi connectivity index (χ0) is 22.7. The molecule has 32 heavy (non-hydrogen) atoms. The van der Waals surface area contributed by atoms with E-state index in [0.29, 0.717) is 21.4 Å². The van der Waals surface area contributed by atoms with Crippen LogP contribution in [0.1, 0.15) is 27.5 Å². The number of amides is 2. The summed E-state index contributed by atoms with van der Waals surface area (Å²) in [5.41, 5.74) is 4.93. The molecule has 0 aliphatic carbocycles. The van der Waals surface area contributed by atoms with E-state index in [1.54, 1.807) is 66.5 Å². The maximum Gasteiger partial charge on any atom is 0.304 e. The summed E-state index contributed by atoms with van der Waals surface area (Å²) in [6.45, 7) is 0. The maximum atomic E-state index is 12.9. The predicted octanol–water partition coefficient (Wildman–Crippen LogP) is 4.02. The smallest absolute Gasteiger partial charge is 0.304 e. The molecule has 2 N–H and O–H groups in total. The zero-order valence-electron chi connectivity index (χ0n) is 17.1. The molecule has 0 spiro atoms. The molecule has 1 fully saturated rings. The van der Waals surface area contributed by atoms with Crippen LogP contribution in [0.4, 0.5) is 0 Å². The number of methoxy groups -OCH3 is 1. The van der Waals surface area contributed by atoms with Gasteiger partial charge < -0.3 is 10.1 Å². The number of nitrogens with zero attached hydrogens (tertiary/aromatic N) is 1. The number of hydrazine groups is 1. The molecular formula is C24H20Cl2N3O3+. The predicted molar refractivity (Wildman–Crippen MR) is 123 cm³/mol. The number of hydrogen-bond acceptors (Lipinski definition) is 3. The van der Waals surface area contributed by atoms with Crippen LogP contribution in [-0.2, 0) is 4.79 Å². The highest BCUT2D eigenvalue weighted by Gasteiger charge is 2.47. The Kier molecular flexibility index (Phi) is 6.44. The normalized spacial score (nSPS) is 19.0. The minimum absolute atomic E-state index is 0.322. The minimum atomic E-state index is -0.825. The van der Waals surface area contributed by atoms with Gasteiger partial charge in [-0.15, -0.1) is 10.1 Å². The largest absolute Gasteiger partial charge is 0.497 e. The van der Waals surface area contributed by atoms with E-state index in [9.17, 15) is 9.59 Å². The van der Waals surface area contributed by atoms with Crippen LogP contribution in [-0.4, -0.2) is 35.9 Å². The van der Waals surface area contributed by atoms with E-state index < -0.39 is 12.1 Å². The summed E-state index contributed by atoms with van der Waals surface area (Å²) in [6, 6.07) is 19.8. The number of carbonyl (C=O) groups is 2. The lowest BCUT2D eigenvalue weighted by Crippen LogP contribution is -2.42. The molecule has 0 unspecified atom stereocenters. The van der Waals surface area contributed by atoms with Gasteiger partial charge in [0.2, 0.25) is 12.3 Å². The lowest BCUT2D eigenvalue weighted by atomic mass is 9.99. The number of rotatable bonds is 5. The first-order valence-corrected chi connectivity index (χ1v) is 10.6. The summed E-state index contributed by atoms with van der Waals surface area (Å²) in [5, 5.41) is 4.06. The molecule has 3 aromatic carbocycles. The van der Waals surface area contributed by atoms with Crippen molar-refractivity contribution in [3.8, 4) is 5.75 Å². The van der Waals surface area contributed by atoms with Crippen molar-refractivity contribution >= 4 is 41.2 Å². The third kappa shape index (κ3) is 4.77. The van der Waals surface area contributed by atoms with Crippen LogP contribution in [0.5, 0.6) is 5.75 Å². The summed E-state index contributed by atoms with van der Waals surface area (Å²) < 4.78 is 6.82. The Hall–Kier alpha value is -3.35. The van der Waals surface area contributed by atoms with Gasteiger partial charge in [0.1, 0.15) is 5.75 Å². The molecule has 0 radical (unpaired) electrons. The lowest BCUT2D eigenvalue weighted by Gasteiger charge is -2.15. The molecule has 2 atom stereocenters. The van der Waals surface area contributed by atoms with E-state index in [0.717, 1.165) is 11.1 Å². The second kappa shape index (κ2) is 9.42. The molecular weight excluding hydrogens is 449 g/mol.